The second-order valence-electron chi connectivity index (χ2n) is 6.33. The Hall–Kier alpha value is -2.45. The Balaban J connectivity index is 0.00000261. The summed E-state index contributed by atoms with van der Waals surface area (Å²) in [5, 5.41) is 16.6. The molecule has 2 aromatic rings. The van der Waals surface area contributed by atoms with Crippen LogP contribution in [0.25, 0.3) is 0 Å². The first-order valence-corrected chi connectivity index (χ1v) is 8.94. The van der Waals surface area contributed by atoms with E-state index in [1.165, 1.54) is 0 Å². The molecule has 1 fully saturated rings. The molecule has 1 aliphatic rings. The first-order chi connectivity index (χ1) is 12.7. The standard InChI is InChI=1S/C18H24N6O2.ClH/c25-17(20-11-6-14-4-2-1-3-5-14)12-21-18(26)16-13-24(23-22-16)15-7-9-19-10-8-15;/h1-5,13,15,19H,6-12H2,(H,20,25)(H,21,26);1H. The maximum atomic E-state index is 12.1. The van der Waals surface area contributed by atoms with Crippen LogP contribution < -0.4 is 16.0 Å². The van der Waals surface area contributed by atoms with E-state index >= 15 is 0 Å². The molecule has 2 amide bonds. The monoisotopic (exact) mass is 392 g/mol. The van der Waals surface area contributed by atoms with Crippen LogP contribution in [-0.2, 0) is 11.2 Å². The lowest BCUT2D eigenvalue weighted by atomic mass is 10.1. The lowest BCUT2D eigenvalue weighted by molar-refractivity contribution is -0.120. The largest absolute Gasteiger partial charge is 0.354 e. The minimum atomic E-state index is -0.386. The molecule has 8 nitrogen and oxygen atoms in total. The van der Waals surface area contributed by atoms with Crippen molar-refractivity contribution in [3.8, 4) is 0 Å². The minimum Gasteiger partial charge on any atom is -0.354 e. The van der Waals surface area contributed by atoms with E-state index in [1.807, 2.05) is 30.3 Å². The van der Waals surface area contributed by atoms with Crippen LogP contribution in [0.4, 0.5) is 0 Å². The zero-order valence-electron chi connectivity index (χ0n) is 15.1. The molecular formula is C18H25ClN6O2. The maximum Gasteiger partial charge on any atom is 0.273 e. The van der Waals surface area contributed by atoms with Gasteiger partial charge in [-0.3, -0.25) is 9.59 Å². The Morgan fingerprint density at radius 2 is 1.89 bits per heavy atom. The van der Waals surface area contributed by atoms with E-state index in [0.29, 0.717) is 6.54 Å². The van der Waals surface area contributed by atoms with Crippen molar-refractivity contribution in [2.45, 2.75) is 25.3 Å². The number of nitrogens with zero attached hydrogens (tertiary/aromatic N) is 3. The third-order valence-electron chi connectivity index (χ3n) is 4.41. The van der Waals surface area contributed by atoms with E-state index in [9.17, 15) is 9.59 Å². The third kappa shape index (κ3) is 6.33. The van der Waals surface area contributed by atoms with Crippen LogP contribution in [0.1, 0.15) is 34.9 Å². The summed E-state index contributed by atoms with van der Waals surface area (Å²) < 4.78 is 1.75. The average molecular weight is 393 g/mol. The summed E-state index contributed by atoms with van der Waals surface area (Å²) in [6.07, 6.45) is 4.34. The van der Waals surface area contributed by atoms with Gasteiger partial charge in [0.1, 0.15) is 0 Å². The number of halogens is 1. The van der Waals surface area contributed by atoms with Crippen LogP contribution in [0, 0.1) is 0 Å². The Bertz CT molecular complexity index is 730. The summed E-state index contributed by atoms with van der Waals surface area (Å²) in [5.41, 5.74) is 1.40. The fourth-order valence-corrected chi connectivity index (χ4v) is 2.94. The number of amides is 2. The van der Waals surface area contributed by atoms with Gasteiger partial charge in [-0.1, -0.05) is 35.5 Å². The van der Waals surface area contributed by atoms with Crippen molar-refractivity contribution in [2.75, 3.05) is 26.2 Å². The molecule has 0 saturated carbocycles. The quantitative estimate of drug-likeness (QED) is 0.644. The number of nitrogens with one attached hydrogen (secondary N) is 3. The van der Waals surface area contributed by atoms with Gasteiger partial charge in [-0.15, -0.1) is 17.5 Å². The maximum absolute atomic E-state index is 12.1. The summed E-state index contributed by atoms with van der Waals surface area (Å²) in [5.74, 6) is -0.608. The molecule has 0 unspecified atom stereocenters. The zero-order chi connectivity index (χ0) is 18.2. The molecule has 1 saturated heterocycles. The van der Waals surface area contributed by atoms with E-state index < -0.39 is 0 Å². The van der Waals surface area contributed by atoms with Gasteiger partial charge in [0.15, 0.2) is 5.69 Å². The smallest absolute Gasteiger partial charge is 0.273 e. The van der Waals surface area contributed by atoms with Gasteiger partial charge in [-0.2, -0.15) is 0 Å². The number of carbonyl (C=O) groups is 2. The molecule has 0 bridgehead atoms. The van der Waals surface area contributed by atoms with Crippen LogP contribution in [0.2, 0.25) is 0 Å². The van der Waals surface area contributed by atoms with Crippen molar-refractivity contribution in [1.29, 1.82) is 0 Å². The molecule has 0 atom stereocenters. The summed E-state index contributed by atoms with van der Waals surface area (Å²) in [7, 11) is 0. The molecule has 0 radical (unpaired) electrons. The highest BCUT2D eigenvalue weighted by Crippen LogP contribution is 2.16. The van der Waals surface area contributed by atoms with Crippen LogP contribution in [-0.4, -0.2) is 53.0 Å². The SMILES string of the molecule is Cl.O=C(CNC(=O)c1cn(C2CCNCC2)nn1)NCCc1ccccc1. The van der Waals surface area contributed by atoms with Gasteiger partial charge in [0.05, 0.1) is 18.8 Å². The van der Waals surface area contributed by atoms with Gasteiger partial charge in [0.2, 0.25) is 5.91 Å². The molecular weight excluding hydrogens is 368 g/mol. The lowest BCUT2D eigenvalue weighted by Crippen LogP contribution is -2.37. The molecule has 1 aromatic heterocycles. The molecule has 0 aliphatic carbocycles. The summed E-state index contributed by atoms with van der Waals surface area (Å²) >= 11 is 0. The third-order valence-corrected chi connectivity index (χ3v) is 4.41. The highest BCUT2D eigenvalue weighted by atomic mass is 35.5. The van der Waals surface area contributed by atoms with E-state index in [2.05, 4.69) is 26.3 Å². The van der Waals surface area contributed by atoms with Crippen LogP contribution in [0.3, 0.4) is 0 Å². The summed E-state index contributed by atoms with van der Waals surface area (Å²) in [6.45, 7) is 2.34. The van der Waals surface area contributed by atoms with Crippen molar-refractivity contribution in [2.24, 2.45) is 0 Å². The van der Waals surface area contributed by atoms with Gasteiger partial charge < -0.3 is 16.0 Å². The van der Waals surface area contributed by atoms with Gasteiger partial charge >= 0.3 is 0 Å². The highest BCUT2D eigenvalue weighted by Gasteiger charge is 2.18. The number of benzene rings is 1. The fraction of sp³-hybridized carbons (Fsp3) is 0.444. The van der Waals surface area contributed by atoms with Crippen LogP contribution in [0.15, 0.2) is 36.5 Å². The summed E-state index contributed by atoms with van der Waals surface area (Å²) in [4.78, 5) is 24.0. The predicted octanol–water partition coefficient (Wildman–Crippen LogP) is 0.713. The summed E-state index contributed by atoms with van der Waals surface area (Å²) in [6, 6.07) is 10.2. The molecule has 3 rings (SSSR count). The van der Waals surface area contributed by atoms with E-state index in [-0.39, 0.29) is 42.5 Å². The van der Waals surface area contributed by atoms with Gasteiger partial charge in [-0.25, -0.2) is 4.68 Å². The van der Waals surface area contributed by atoms with Gasteiger partial charge in [0.25, 0.3) is 5.91 Å². The van der Waals surface area contributed by atoms with Crippen molar-refractivity contribution >= 4 is 24.2 Å². The van der Waals surface area contributed by atoms with Crippen molar-refractivity contribution in [1.82, 2.24) is 30.9 Å². The molecule has 2 heterocycles. The van der Waals surface area contributed by atoms with Gasteiger partial charge in [0, 0.05) is 6.54 Å². The molecule has 146 valence electrons. The number of hydrogen-bond acceptors (Lipinski definition) is 5. The number of carbonyl (C=O) groups excluding carboxylic acids is 2. The first-order valence-electron chi connectivity index (χ1n) is 8.94. The first kappa shape index (κ1) is 20.9. The van der Waals surface area contributed by atoms with E-state index in [1.54, 1.807) is 10.9 Å². The van der Waals surface area contributed by atoms with Crippen molar-refractivity contribution in [3.63, 3.8) is 0 Å². The Morgan fingerprint density at radius 1 is 1.15 bits per heavy atom. The number of aromatic nitrogens is 3. The predicted molar refractivity (Wildman–Crippen MR) is 104 cm³/mol. The number of rotatable bonds is 7. The molecule has 27 heavy (non-hydrogen) atoms. The van der Waals surface area contributed by atoms with E-state index in [0.717, 1.165) is 37.9 Å². The molecule has 1 aliphatic heterocycles. The second kappa shape index (κ2) is 10.6. The fourth-order valence-electron chi connectivity index (χ4n) is 2.94. The van der Waals surface area contributed by atoms with E-state index in [4.69, 9.17) is 0 Å². The molecule has 1 aromatic carbocycles. The van der Waals surface area contributed by atoms with Crippen molar-refractivity contribution in [3.05, 3.63) is 47.8 Å². The normalized spacial score (nSPS) is 14.2. The van der Waals surface area contributed by atoms with Gasteiger partial charge in [-0.05, 0) is 37.9 Å². The minimum absolute atomic E-state index is 0. The number of piperidine rings is 1. The zero-order valence-corrected chi connectivity index (χ0v) is 15.9. The average Bonchev–Trinajstić information content (AvgIpc) is 3.18. The molecule has 3 N–H and O–H groups in total. The van der Waals surface area contributed by atoms with Crippen LogP contribution >= 0.6 is 12.4 Å². The molecule has 0 spiro atoms. The molecule has 9 heteroatoms. The lowest BCUT2D eigenvalue weighted by Gasteiger charge is -2.22. The Kier molecular flexibility index (Phi) is 8.22. The van der Waals surface area contributed by atoms with Crippen molar-refractivity contribution < 1.29 is 9.59 Å². The Morgan fingerprint density at radius 3 is 2.63 bits per heavy atom. The number of hydrogen-bond donors (Lipinski definition) is 3. The second-order valence-corrected chi connectivity index (χ2v) is 6.33. The van der Waals surface area contributed by atoms with Crippen LogP contribution in [0.5, 0.6) is 0 Å². The Labute approximate surface area is 164 Å². The topological polar surface area (TPSA) is 101 Å². The highest BCUT2D eigenvalue weighted by molar-refractivity contribution is 5.94.